The summed E-state index contributed by atoms with van der Waals surface area (Å²) in [7, 11) is 0. The molecule has 0 radical (unpaired) electrons. The van der Waals surface area contributed by atoms with Crippen molar-refractivity contribution in [3.8, 4) is 0 Å². The van der Waals surface area contributed by atoms with Gasteiger partial charge in [0.15, 0.2) is 5.78 Å². The van der Waals surface area contributed by atoms with Crippen molar-refractivity contribution in [3.63, 3.8) is 0 Å². The molecular weight excluding hydrogens is 470 g/mol. The molecule has 0 heterocycles. The molecule has 2 unspecified atom stereocenters. The van der Waals surface area contributed by atoms with Crippen molar-refractivity contribution < 1.29 is 9.59 Å². The zero-order valence-corrected chi connectivity index (χ0v) is 24.0. The number of aryl methyl sites for hydroxylation is 2. The normalized spacial score (nSPS) is 13.3. The van der Waals surface area contributed by atoms with E-state index >= 15 is 0 Å². The van der Waals surface area contributed by atoms with E-state index < -0.39 is 12.1 Å². The molecule has 2 N–H and O–H groups in total. The van der Waals surface area contributed by atoms with Gasteiger partial charge >= 0.3 is 0 Å². The van der Waals surface area contributed by atoms with Crippen LogP contribution in [0.3, 0.4) is 0 Å². The number of ketones is 1. The summed E-state index contributed by atoms with van der Waals surface area (Å²) in [5.74, 6) is -0.139. The Balaban J connectivity index is 2.18. The van der Waals surface area contributed by atoms with Gasteiger partial charge in [-0.05, 0) is 62.4 Å². The van der Waals surface area contributed by atoms with Gasteiger partial charge in [0.25, 0.3) is 0 Å². The van der Waals surface area contributed by atoms with Gasteiger partial charge in [0.1, 0.15) is 12.1 Å². The van der Waals surface area contributed by atoms with E-state index in [9.17, 15) is 9.59 Å². The van der Waals surface area contributed by atoms with E-state index in [0.717, 1.165) is 30.5 Å². The lowest BCUT2D eigenvalue weighted by atomic mass is 9.92. The Labute approximate surface area is 229 Å². The Morgan fingerprint density at radius 1 is 1.00 bits per heavy atom. The summed E-state index contributed by atoms with van der Waals surface area (Å²) in [5, 5.41) is 6.40. The molecule has 2 aromatic rings. The predicted molar refractivity (Wildman–Crippen MR) is 158 cm³/mol. The van der Waals surface area contributed by atoms with Crippen LogP contribution in [0, 0.1) is 5.41 Å². The van der Waals surface area contributed by atoms with E-state index in [2.05, 4.69) is 63.6 Å². The van der Waals surface area contributed by atoms with Crippen LogP contribution in [0.15, 0.2) is 91.5 Å². The highest BCUT2D eigenvalue weighted by atomic mass is 16.2. The maximum absolute atomic E-state index is 13.4. The van der Waals surface area contributed by atoms with Gasteiger partial charge in [-0.3, -0.25) is 9.59 Å². The van der Waals surface area contributed by atoms with Crippen LogP contribution in [0.1, 0.15) is 77.1 Å². The molecule has 0 saturated carbocycles. The minimum Gasteiger partial charge on any atom is -0.377 e. The molecular formula is C33H45N3O2. The molecule has 2 atom stereocenters. The lowest BCUT2D eigenvalue weighted by molar-refractivity contribution is -0.122. The summed E-state index contributed by atoms with van der Waals surface area (Å²) < 4.78 is 0. The molecule has 5 nitrogen and oxygen atoms in total. The van der Waals surface area contributed by atoms with Crippen LogP contribution in [0.25, 0.3) is 0 Å². The summed E-state index contributed by atoms with van der Waals surface area (Å²) in [6, 6.07) is 17.4. The lowest BCUT2D eigenvalue weighted by Gasteiger charge is -2.29. The third-order valence-electron chi connectivity index (χ3n) is 6.63. The maximum Gasteiger partial charge on any atom is 0.246 e. The van der Waals surface area contributed by atoms with Gasteiger partial charge < -0.3 is 15.5 Å². The molecule has 38 heavy (non-hydrogen) atoms. The van der Waals surface area contributed by atoms with E-state index in [-0.39, 0.29) is 17.1 Å². The van der Waals surface area contributed by atoms with Crippen molar-refractivity contribution in [1.29, 1.82) is 0 Å². The number of benzene rings is 2. The van der Waals surface area contributed by atoms with Crippen molar-refractivity contribution in [3.05, 3.63) is 108 Å². The minimum atomic E-state index is -0.522. The largest absolute Gasteiger partial charge is 0.377 e. The first-order valence-electron chi connectivity index (χ1n) is 13.4. The molecule has 0 bridgehead atoms. The van der Waals surface area contributed by atoms with Crippen molar-refractivity contribution >= 4 is 11.7 Å². The van der Waals surface area contributed by atoms with E-state index in [4.69, 9.17) is 0 Å². The molecule has 5 heteroatoms. The number of carbonyl (C=O) groups excluding carboxylic acids is 2. The average molecular weight is 516 g/mol. The van der Waals surface area contributed by atoms with Gasteiger partial charge in [-0.25, -0.2) is 0 Å². The summed E-state index contributed by atoms with van der Waals surface area (Å²) in [6.07, 6.45) is 6.73. The predicted octanol–water partition coefficient (Wildman–Crippen LogP) is 6.84. The number of carbonyl (C=O) groups is 2. The quantitative estimate of drug-likeness (QED) is 0.289. The first-order chi connectivity index (χ1) is 18.0. The highest BCUT2D eigenvalue weighted by Gasteiger charge is 2.25. The Morgan fingerprint density at radius 2 is 1.63 bits per heavy atom. The topological polar surface area (TPSA) is 61.4 Å². The number of nitrogens with zero attached hydrogens (tertiary/aromatic N) is 1. The zero-order chi connectivity index (χ0) is 28.3. The molecule has 2 rings (SSSR count). The number of Topliss-reactive ketones (excluding diaryl/α,β-unsaturated/α-hetero) is 1. The standard InChI is InChI=1S/C33H45N3O2/c1-9-27-19-21-29(22-20-27)31(25(4)37)36(10-2)23-24(3)34-32(38)30(35-26(5)33(6,7)8)18-14-17-28-15-12-11-13-16-28/h10-13,15-16,19-23,30-31,35H,2,5,9,14,17-18H2,1,3-4,6-8H3,(H,34,38)/b24-23+. The summed E-state index contributed by atoms with van der Waals surface area (Å²) in [4.78, 5) is 27.8. The van der Waals surface area contributed by atoms with Gasteiger partial charge in [0, 0.05) is 23.0 Å². The van der Waals surface area contributed by atoms with Crippen LogP contribution in [-0.2, 0) is 22.4 Å². The van der Waals surface area contributed by atoms with E-state index in [0.29, 0.717) is 12.1 Å². The molecule has 0 aliphatic rings. The van der Waals surface area contributed by atoms with Gasteiger partial charge in [-0.2, -0.15) is 0 Å². The van der Waals surface area contributed by atoms with E-state index in [1.54, 1.807) is 24.2 Å². The number of nitrogens with one attached hydrogen (secondary N) is 2. The highest BCUT2D eigenvalue weighted by molar-refractivity contribution is 5.84. The number of hydrogen-bond acceptors (Lipinski definition) is 4. The van der Waals surface area contributed by atoms with Crippen LogP contribution < -0.4 is 10.6 Å². The third-order valence-corrected chi connectivity index (χ3v) is 6.63. The number of rotatable bonds is 14. The smallest absolute Gasteiger partial charge is 0.246 e. The van der Waals surface area contributed by atoms with Crippen molar-refractivity contribution in [2.45, 2.75) is 79.3 Å². The Morgan fingerprint density at radius 3 is 2.16 bits per heavy atom. The van der Waals surface area contributed by atoms with Crippen LogP contribution in [-0.4, -0.2) is 22.6 Å². The minimum absolute atomic E-state index is 0.00791. The second kappa shape index (κ2) is 14.4. The second-order valence-electron chi connectivity index (χ2n) is 10.8. The number of allylic oxidation sites excluding steroid dienone is 2. The van der Waals surface area contributed by atoms with Gasteiger partial charge in [0.05, 0.1) is 0 Å². The molecule has 2 aromatic carbocycles. The molecule has 0 aromatic heterocycles. The molecule has 0 spiro atoms. The van der Waals surface area contributed by atoms with Crippen LogP contribution >= 0.6 is 0 Å². The second-order valence-corrected chi connectivity index (χ2v) is 10.8. The highest BCUT2D eigenvalue weighted by Crippen LogP contribution is 2.25. The molecule has 0 aliphatic heterocycles. The van der Waals surface area contributed by atoms with Crippen molar-refractivity contribution in [1.82, 2.24) is 15.5 Å². The number of amides is 1. The van der Waals surface area contributed by atoms with Crippen LogP contribution in [0.2, 0.25) is 0 Å². The molecule has 0 fully saturated rings. The summed E-state index contributed by atoms with van der Waals surface area (Å²) in [6.45, 7) is 19.8. The van der Waals surface area contributed by atoms with Gasteiger partial charge in [-0.15, -0.1) is 0 Å². The Hall–Kier alpha value is -3.60. The molecule has 1 amide bonds. The van der Waals surface area contributed by atoms with Crippen LogP contribution in [0.5, 0.6) is 0 Å². The fourth-order valence-corrected chi connectivity index (χ4v) is 4.17. The van der Waals surface area contributed by atoms with Crippen molar-refractivity contribution in [2.24, 2.45) is 5.41 Å². The molecule has 0 aliphatic carbocycles. The van der Waals surface area contributed by atoms with E-state index in [1.165, 1.54) is 11.1 Å². The lowest BCUT2D eigenvalue weighted by Crippen LogP contribution is -2.45. The van der Waals surface area contributed by atoms with Crippen molar-refractivity contribution in [2.75, 3.05) is 0 Å². The molecule has 204 valence electrons. The Kier molecular flexibility index (Phi) is 11.6. The molecule has 0 saturated heterocycles. The third kappa shape index (κ3) is 9.37. The van der Waals surface area contributed by atoms with Gasteiger partial charge in [-0.1, -0.05) is 95.5 Å². The average Bonchev–Trinajstić information content (AvgIpc) is 2.87. The maximum atomic E-state index is 13.4. The fourth-order valence-electron chi connectivity index (χ4n) is 4.17. The number of hydrogen-bond donors (Lipinski definition) is 2. The zero-order valence-electron chi connectivity index (χ0n) is 24.0. The monoisotopic (exact) mass is 515 g/mol. The van der Waals surface area contributed by atoms with Crippen LogP contribution in [0.4, 0.5) is 0 Å². The SMILES string of the molecule is C=CN(/C=C(\C)NC(=O)C(CCCc1ccccc1)NC(=C)C(C)(C)C)C(C(C)=O)c1ccc(CC)cc1. The first-order valence-corrected chi connectivity index (χ1v) is 13.4. The summed E-state index contributed by atoms with van der Waals surface area (Å²) >= 11 is 0. The first kappa shape index (κ1) is 30.6. The summed E-state index contributed by atoms with van der Waals surface area (Å²) in [5.41, 5.74) is 4.61. The fraction of sp³-hybridized carbons (Fsp3) is 0.394. The Bertz CT molecular complexity index is 1110. The van der Waals surface area contributed by atoms with Gasteiger partial charge in [0.2, 0.25) is 5.91 Å². The van der Waals surface area contributed by atoms with E-state index in [1.807, 2.05) is 49.4 Å².